The van der Waals surface area contributed by atoms with Crippen LogP contribution in [0.5, 0.6) is 0 Å². The lowest BCUT2D eigenvalue weighted by atomic mass is 9.97. The molecule has 0 spiro atoms. The summed E-state index contributed by atoms with van der Waals surface area (Å²) in [5, 5.41) is 0.719. The van der Waals surface area contributed by atoms with Gasteiger partial charge in [0, 0.05) is 24.0 Å². The van der Waals surface area contributed by atoms with Crippen LogP contribution in [0, 0.1) is 12.7 Å². The number of piperidine rings is 1. The van der Waals surface area contributed by atoms with Crippen LogP contribution in [0.2, 0.25) is 0 Å². The number of halogens is 1. The minimum atomic E-state index is -0.354. The number of nitrogens with zero attached hydrogens (tertiary/aromatic N) is 2. The summed E-state index contributed by atoms with van der Waals surface area (Å²) in [6, 6.07) is 5.93. The number of pyridine rings is 1. The van der Waals surface area contributed by atoms with E-state index in [0.717, 1.165) is 24.6 Å². The van der Waals surface area contributed by atoms with Crippen molar-refractivity contribution in [3.8, 4) is 0 Å². The van der Waals surface area contributed by atoms with E-state index in [1.54, 1.807) is 24.0 Å². The fourth-order valence-corrected chi connectivity index (χ4v) is 3.36. The van der Waals surface area contributed by atoms with Gasteiger partial charge in [-0.25, -0.2) is 4.39 Å². The number of fused-ring (bicyclic) bond motifs is 1. The lowest BCUT2D eigenvalue weighted by Crippen LogP contribution is -2.45. The quantitative estimate of drug-likeness (QED) is 0.802. The van der Waals surface area contributed by atoms with Gasteiger partial charge in [0.05, 0.1) is 30.3 Å². The van der Waals surface area contributed by atoms with Crippen molar-refractivity contribution in [2.75, 3.05) is 13.7 Å². The smallest absolute Gasteiger partial charge is 0.307 e. The average Bonchev–Trinajstić information content (AvgIpc) is 2.60. The van der Waals surface area contributed by atoms with Crippen LogP contribution in [-0.2, 0) is 9.53 Å². The maximum Gasteiger partial charge on any atom is 0.307 e. The third-order valence-corrected chi connectivity index (χ3v) is 4.72. The Balaban J connectivity index is 1.92. The van der Waals surface area contributed by atoms with E-state index >= 15 is 0 Å². The van der Waals surface area contributed by atoms with Crippen molar-refractivity contribution in [1.29, 1.82) is 0 Å². The van der Waals surface area contributed by atoms with Gasteiger partial charge in [-0.3, -0.25) is 14.6 Å². The molecule has 6 heteroatoms. The van der Waals surface area contributed by atoms with E-state index in [0.29, 0.717) is 23.3 Å². The summed E-state index contributed by atoms with van der Waals surface area (Å²) in [4.78, 5) is 30.8. The number of hydrogen-bond donors (Lipinski definition) is 0. The molecule has 5 nitrogen and oxygen atoms in total. The van der Waals surface area contributed by atoms with E-state index in [1.807, 2.05) is 0 Å². The number of esters is 1. The Morgan fingerprint density at radius 1 is 1.32 bits per heavy atom. The molecule has 1 fully saturated rings. The zero-order chi connectivity index (χ0) is 18.0. The Morgan fingerprint density at radius 2 is 2.12 bits per heavy atom. The van der Waals surface area contributed by atoms with Crippen molar-refractivity contribution < 1.29 is 18.7 Å². The number of ether oxygens (including phenoxy) is 1. The molecule has 0 radical (unpaired) electrons. The topological polar surface area (TPSA) is 59.5 Å². The van der Waals surface area contributed by atoms with Crippen molar-refractivity contribution in [3.63, 3.8) is 0 Å². The molecule has 1 saturated heterocycles. The molecule has 0 bridgehead atoms. The average molecular weight is 344 g/mol. The second-order valence-corrected chi connectivity index (χ2v) is 6.39. The van der Waals surface area contributed by atoms with E-state index < -0.39 is 0 Å². The molecule has 25 heavy (non-hydrogen) atoms. The maximum absolute atomic E-state index is 13.4. The summed E-state index contributed by atoms with van der Waals surface area (Å²) in [6.45, 7) is 2.36. The summed E-state index contributed by atoms with van der Waals surface area (Å²) < 4.78 is 18.1. The Bertz CT molecular complexity index is 822. The summed E-state index contributed by atoms with van der Waals surface area (Å²) in [5.74, 6) is -0.800. The fourth-order valence-electron chi connectivity index (χ4n) is 3.36. The summed E-state index contributed by atoms with van der Waals surface area (Å²) in [6.07, 6.45) is 2.88. The molecule has 2 aromatic rings. The SMILES string of the molecule is COC(=O)CC1CCCCN1C(=O)c1cc2ccc(F)cc2nc1C. The summed E-state index contributed by atoms with van der Waals surface area (Å²) >= 11 is 0. The first-order chi connectivity index (χ1) is 12.0. The van der Waals surface area contributed by atoms with E-state index in [9.17, 15) is 14.0 Å². The molecule has 2 heterocycles. The van der Waals surface area contributed by atoms with Crippen LogP contribution in [0.15, 0.2) is 24.3 Å². The van der Waals surface area contributed by atoms with Gasteiger partial charge in [-0.15, -0.1) is 0 Å². The minimum absolute atomic E-state index is 0.134. The molecular weight excluding hydrogens is 323 g/mol. The van der Waals surface area contributed by atoms with Crippen molar-refractivity contribution in [2.24, 2.45) is 0 Å². The van der Waals surface area contributed by atoms with Crippen LogP contribution in [0.4, 0.5) is 4.39 Å². The van der Waals surface area contributed by atoms with Gasteiger partial charge in [0.2, 0.25) is 0 Å². The Morgan fingerprint density at radius 3 is 2.88 bits per heavy atom. The van der Waals surface area contributed by atoms with E-state index in [-0.39, 0.29) is 30.2 Å². The van der Waals surface area contributed by atoms with Gasteiger partial charge >= 0.3 is 5.97 Å². The van der Waals surface area contributed by atoms with Crippen molar-refractivity contribution >= 4 is 22.8 Å². The number of hydrogen-bond acceptors (Lipinski definition) is 4. The highest BCUT2D eigenvalue weighted by atomic mass is 19.1. The molecule has 1 aromatic heterocycles. The standard InChI is InChI=1S/C19H21FN2O3/c1-12-16(9-13-6-7-14(20)10-17(13)21-12)19(24)22-8-4-3-5-15(22)11-18(23)25-2/h6-7,9-10,15H,3-5,8,11H2,1-2H3. The van der Waals surface area contributed by atoms with Gasteiger partial charge in [0.15, 0.2) is 0 Å². The maximum atomic E-state index is 13.4. The first-order valence-electron chi connectivity index (χ1n) is 8.44. The number of aromatic nitrogens is 1. The van der Waals surface area contributed by atoms with Gasteiger partial charge in [-0.05, 0) is 44.4 Å². The molecule has 1 aromatic carbocycles. The van der Waals surface area contributed by atoms with Gasteiger partial charge in [-0.2, -0.15) is 0 Å². The summed E-state index contributed by atoms with van der Waals surface area (Å²) in [5.41, 5.74) is 1.58. The number of benzene rings is 1. The number of methoxy groups -OCH3 is 1. The van der Waals surface area contributed by atoms with Crippen molar-refractivity contribution in [3.05, 3.63) is 41.3 Å². The van der Waals surface area contributed by atoms with Gasteiger partial charge in [-0.1, -0.05) is 0 Å². The van der Waals surface area contributed by atoms with Crippen LogP contribution in [0.3, 0.4) is 0 Å². The largest absolute Gasteiger partial charge is 0.469 e. The Kier molecular flexibility index (Phi) is 4.97. The third kappa shape index (κ3) is 3.62. The minimum Gasteiger partial charge on any atom is -0.469 e. The monoisotopic (exact) mass is 344 g/mol. The highest BCUT2D eigenvalue weighted by Crippen LogP contribution is 2.25. The second kappa shape index (κ2) is 7.17. The molecule has 1 amide bonds. The highest BCUT2D eigenvalue weighted by Gasteiger charge is 2.30. The van der Waals surface area contributed by atoms with Crippen LogP contribution in [0.1, 0.15) is 41.7 Å². The predicted molar refractivity (Wildman–Crippen MR) is 91.7 cm³/mol. The first-order valence-corrected chi connectivity index (χ1v) is 8.44. The van der Waals surface area contributed by atoms with Gasteiger partial charge < -0.3 is 9.64 Å². The summed E-state index contributed by atoms with van der Waals surface area (Å²) in [7, 11) is 1.36. The molecule has 1 aliphatic rings. The van der Waals surface area contributed by atoms with Gasteiger partial charge in [0.25, 0.3) is 5.91 Å². The van der Waals surface area contributed by atoms with Crippen LogP contribution >= 0.6 is 0 Å². The molecule has 0 saturated carbocycles. The molecule has 3 rings (SSSR count). The van der Waals surface area contributed by atoms with Gasteiger partial charge in [0.1, 0.15) is 5.82 Å². The first kappa shape index (κ1) is 17.3. The molecular formula is C19H21FN2O3. The molecule has 0 aliphatic carbocycles. The van der Waals surface area contributed by atoms with Crippen molar-refractivity contribution in [2.45, 2.75) is 38.6 Å². The lowest BCUT2D eigenvalue weighted by Gasteiger charge is -2.35. The second-order valence-electron chi connectivity index (χ2n) is 6.39. The zero-order valence-corrected chi connectivity index (χ0v) is 14.4. The van der Waals surface area contributed by atoms with Crippen molar-refractivity contribution in [1.82, 2.24) is 9.88 Å². The molecule has 1 unspecified atom stereocenters. The number of carbonyl (C=O) groups excluding carboxylic acids is 2. The number of rotatable bonds is 3. The Hall–Kier alpha value is -2.50. The lowest BCUT2D eigenvalue weighted by molar-refractivity contribution is -0.142. The number of amides is 1. The predicted octanol–water partition coefficient (Wildman–Crippen LogP) is 3.24. The van der Waals surface area contributed by atoms with Crippen LogP contribution in [-0.4, -0.2) is 41.5 Å². The number of carbonyl (C=O) groups is 2. The molecule has 1 atom stereocenters. The zero-order valence-electron chi connectivity index (χ0n) is 14.4. The normalized spacial score (nSPS) is 17.6. The third-order valence-electron chi connectivity index (χ3n) is 4.72. The van der Waals surface area contributed by atoms with E-state index in [4.69, 9.17) is 4.74 Å². The molecule has 0 N–H and O–H groups in total. The van der Waals surface area contributed by atoms with E-state index in [2.05, 4.69) is 4.98 Å². The number of aryl methyl sites for hydroxylation is 1. The molecule has 1 aliphatic heterocycles. The molecule has 132 valence electrons. The van der Waals surface area contributed by atoms with E-state index in [1.165, 1.54) is 19.2 Å². The highest BCUT2D eigenvalue weighted by molar-refractivity contribution is 5.99. The number of likely N-dealkylation sites (tertiary alicyclic amines) is 1. The van der Waals surface area contributed by atoms with Crippen LogP contribution in [0.25, 0.3) is 10.9 Å². The Labute approximate surface area is 145 Å². The van der Waals surface area contributed by atoms with Crippen LogP contribution < -0.4 is 0 Å². The fraction of sp³-hybridized carbons (Fsp3) is 0.421.